The molecule has 0 saturated carbocycles. The van der Waals surface area contributed by atoms with Crippen LogP contribution in [0.25, 0.3) is 5.03 Å². The van der Waals surface area contributed by atoms with E-state index in [0.29, 0.717) is 5.03 Å². The van der Waals surface area contributed by atoms with E-state index in [0.717, 1.165) is 5.56 Å². The molecule has 0 atom stereocenters. The van der Waals surface area contributed by atoms with E-state index in [2.05, 4.69) is 0 Å². The van der Waals surface area contributed by atoms with Crippen LogP contribution in [0, 0.1) is 18.3 Å². The molecule has 0 fully saturated rings. The zero-order chi connectivity index (χ0) is 8.97. The number of allylic oxidation sites excluding steroid dienone is 1. The van der Waals surface area contributed by atoms with E-state index in [1.807, 2.05) is 37.3 Å². The molecule has 0 aliphatic heterocycles. The number of rotatable bonds is 1. The fraction of sp³-hybridized carbons (Fsp3) is 0.100. The summed E-state index contributed by atoms with van der Waals surface area (Å²) >= 11 is 5.80. The molecule has 2 heteroatoms. The molecule has 1 aromatic rings. The summed E-state index contributed by atoms with van der Waals surface area (Å²) in [5, 5.41) is 8.83. The zero-order valence-corrected chi connectivity index (χ0v) is 7.47. The summed E-state index contributed by atoms with van der Waals surface area (Å²) in [5.41, 5.74) is 2.06. The van der Waals surface area contributed by atoms with Crippen molar-refractivity contribution in [2.75, 3.05) is 0 Å². The lowest BCUT2D eigenvalue weighted by atomic mass is 10.1. The highest BCUT2D eigenvalue weighted by atomic mass is 35.5. The number of aryl methyl sites for hydroxylation is 1. The summed E-state index contributed by atoms with van der Waals surface area (Å²) in [6.07, 6.45) is 1.33. The lowest BCUT2D eigenvalue weighted by Crippen LogP contribution is -1.77. The third kappa shape index (κ3) is 2.11. The van der Waals surface area contributed by atoms with Gasteiger partial charge < -0.3 is 0 Å². The normalized spacial score (nSPS) is 10.9. The van der Waals surface area contributed by atoms with Crippen molar-refractivity contribution < 1.29 is 0 Å². The lowest BCUT2D eigenvalue weighted by molar-refractivity contribution is 1.46. The van der Waals surface area contributed by atoms with Gasteiger partial charge in [0, 0.05) is 6.08 Å². The molecular formula is C10H8ClN. The van der Waals surface area contributed by atoms with Crippen molar-refractivity contribution >= 4 is 16.6 Å². The minimum absolute atomic E-state index is 0.484. The van der Waals surface area contributed by atoms with Gasteiger partial charge in [-0.3, -0.25) is 0 Å². The second kappa shape index (κ2) is 3.94. The van der Waals surface area contributed by atoms with Crippen LogP contribution in [0.5, 0.6) is 0 Å². The van der Waals surface area contributed by atoms with Crippen molar-refractivity contribution in [3.63, 3.8) is 0 Å². The van der Waals surface area contributed by atoms with Crippen LogP contribution in [0.4, 0.5) is 0 Å². The highest BCUT2D eigenvalue weighted by Crippen LogP contribution is 2.18. The van der Waals surface area contributed by atoms with Crippen LogP contribution < -0.4 is 0 Å². The van der Waals surface area contributed by atoms with Gasteiger partial charge in [-0.25, -0.2) is 0 Å². The van der Waals surface area contributed by atoms with Crippen molar-refractivity contribution in [3.8, 4) is 6.07 Å². The number of hydrogen-bond acceptors (Lipinski definition) is 1. The second-order valence-corrected chi connectivity index (χ2v) is 2.89. The molecule has 0 amide bonds. The third-order valence-electron chi connectivity index (χ3n) is 1.52. The Labute approximate surface area is 76.9 Å². The lowest BCUT2D eigenvalue weighted by Gasteiger charge is -1.97. The number of halogens is 1. The Morgan fingerprint density at radius 3 is 2.50 bits per heavy atom. The highest BCUT2D eigenvalue weighted by Gasteiger charge is 1.95. The third-order valence-corrected chi connectivity index (χ3v) is 1.85. The maximum absolute atomic E-state index is 8.34. The molecule has 0 aliphatic rings. The predicted octanol–water partition coefficient (Wildman–Crippen LogP) is 3.10. The monoisotopic (exact) mass is 177 g/mol. The Hall–Kier alpha value is -1.26. The summed E-state index contributed by atoms with van der Waals surface area (Å²) in [4.78, 5) is 0. The van der Waals surface area contributed by atoms with Crippen LogP contribution in [0.15, 0.2) is 30.3 Å². The molecular weight excluding hydrogens is 170 g/mol. The Morgan fingerprint density at radius 2 is 2.00 bits per heavy atom. The molecule has 0 saturated heterocycles. The van der Waals surface area contributed by atoms with E-state index < -0.39 is 0 Å². The molecule has 12 heavy (non-hydrogen) atoms. The molecule has 0 aliphatic carbocycles. The molecule has 0 unspecified atom stereocenters. The first-order chi connectivity index (χ1) is 5.74. The van der Waals surface area contributed by atoms with E-state index in [1.165, 1.54) is 11.6 Å². The molecule has 0 bridgehead atoms. The summed E-state index contributed by atoms with van der Waals surface area (Å²) in [7, 11) is 0. The SMILES string of the molecule is Cc1ccc(/C(Cl)=C/C#N)cc1. The molecule has 0 N–H and O–H groups in total. The molecule has 0 radical (unpaired) electrons. The van der Waals surface area contributed by atoms with Gasteiger partial charge in [-0.2, -0.15) is 5.26 Å². The van der Waals surface area contributed by atoms with E-state index in [4.69, 9.17) is 16.9 Å². The Bertz CT molecular complexity index is 330. The summed E-state index contributed by atoms with van der Waals surface area (Å²) < 4.78 is 0. The van der Waals surface area contributed by atoms with Crippen molar-refractivity contribution in [1.29, 1.82) is 5.26 Å². The average Bonchev–Trinajstić information content (AvgIpc) is 2.06. The van der Waals surface area contributed by atoms with Crippen molar-refractivity contribution in [3.05, 3.63) is 41.5 Å². The second-order valence-electron chi connectivity index (χ2n) is 2.49. The van der Waals surface area contributed by atoms with Crippen LogP contribution in [-0.2, 0) is 0 Å². The molecule has 60 valence electrons. The van der Waals surface area contributed by atoms with Gasteiger partial charge in [-0.05, 0) is 12.5 Å². The van der Waals surface area contributed by atoms with Gasteiger partial charge >= 0.3 is 0 Å². The van der Waals surface area contributed by atoms with Gasteiger partial charge in [-0.15, -0.1) is 0 Å². The van der Waals surface area contributed by atoms with Crippen LogP contribution in [0.3, 0.4) is 0 Å². The summed E-state index contributed by atoms with van der Waals surface area (Å²) in [6, 6.07) is 9.60. The van der Waals surface area contributed by atoms with Gasteiger partial charge in [0.05, 0.1) is 11.1 Å². The van der Waals surface area contributed by atoms with E-state index in [9.17, 15) is 0 Å². The number of nitriles is 1. The molecule has 1 nitrogen and oxygen atoms in total. The van der Waals surface area contributed by atoms with E-state index in [-0.39, 0.29) is 0 Å². The topological polar surface area (TPSA) is 23.8 Å². The van der Waals surface area contributed by atoms with Crippen molar-refractivity contribution in [1.82, 2.24) is 0 Å². The quantitative estimate of drug-likeness (QED) is 0.605. The maximum Gasteiger partial charge on any atom is 0.0927 e. The molecule has 0 aromatic heterocycles. The van der Waals surface area contributed by atoms with Gasteiger partial charge in [-0.1, -0.05) is 41.4 Å². The first kappa shape index (κ1) is 8.83. The Kier molecular flexibility index (Phi) is 2.90. The number of hydrogen-bond donors (Lipinski definition) is 0. The fourth-order valence-corrected chi connectivity index (χ4v) is 1.03. The maximum atomic E-state index is 8.34. The van der Waals surface area contributed by atoms with E-state index >= 15 is 0 Å². The van der Waals surface area contributed by atoms with Crippen LogP contribution in [-0.4, -0.2) is 0 Å². The first-order valence-corrected chi connectivity index (χ1v) is 3.94. The Morgan fingerprint density at radius 1 is 1.42 bits per heavy atom. The van der Waals surface area contributed by atoms with Gasteiger partial charge in [0.2, 0.25) is 0 Å². The minimum Gasteiger partial charge on any atom is -0.193 e. The first-order valence-electron chi connectivity index (χ1n) is 3.56. The standard InChI is InChI=1S/C10H8ClN/c1-8-2-4-9(5-3-8)10(11)6-7-12/h2-6H,1H3/b10-6-. The molecule has 1 aromatic carbocycles. The smallest absolute Gasteiger partial charge is 0.0927 e. The van der Waals surface area contributed by atoms with E-state index in [1.54, 1.807) is 0 Å². The van der Waals surface area contributed by atoms with Gasteiger partial charge in [0.25, 0.3) is 0 Å². The van der Waals surface area contributed by atoms with Crippen LogP contribution in [0.1, 0.15) is 11.1 Å². The number of benzene rings is 1. The largest absolute Gasteiger partial charge is 0.193 e. The highest BCUT2D eigenvalue weighted by molar-refractivity contribution is 6.48. The number of nitrogens with zero attached hydrogens (tertiary/aromatic N) is 1. The fourth-order valence-electron chi connectivity index (χ4n) is 0.853. The summed E-state index contributed by atoms with van der Waals surface area (Å²) in [5.74, 6) is 0. The molecule has 1 rings (SSSR count). The predicted molar refractivity (Wildman–Crippen MR) is 50.6 cm³/mol. The zero-order valence-electron chi connectivity index (χ0n) is 6.71. The van der Waals surface area contributed by atoms with Crippen LogP contribution >= 0.6 is 11.6 Å². The summed E-state index contributed by atoms with van der Waals surface area (Å²) in [6.45, 7) is 2.01. The van der Waals surface area contributed by atoms with Gasteiger partial charge in [0.15, 0.2) is 0 Å². The van der Waals surface area contributed by atoms with Crippen molar-refractivity contribution in [2.45, 2.75) is 6.92 Å². The minimum atomic E-state index is 0.484. The molecule has 0 spiro atoms. The Balaban J connectivity index is 2.99. The van der Waals surface area contributed by atoms with Crippen LogP contribution in [0.2, 0.25) is 0 Å². The van der Waals surface area contributed by atoms with Gasteiger partial charge in [0.1, 0.15) is 0 Å². The van der Waals surface area contributed by atoms with Crippen molar-refractivity contribution in [2.24, 2.45) is 0 Å². The average molecular weight is 178 g/mol. The molecule has 0 heterocycles.